The Hall–Kier alpha value is -1.83. The number of hydrogen-bond donors (Lipinski definition) is 0. The quantitative estimate of drug-likeness (QED) is 0.771. The lowest BCUT2D eigenvalue weighted by atomic mass is 9.92. The number of aromatic nitrogens is 2. The number of nitrogens with zero attached hydrogens (tertiary/aromatic N) is 2. The summed E-state index contributed by atoms with van der Waals surface area (Å²) in [5, 5.41) is 4.76. The lowest BCUT2D eigenvalue weighted by Crippen LogP contribution is -2.13. The third-order valence-corrected chi connectivity index (χ3v) is 3.27. The second kappa shape index (κ2) is 5.66. The van der Waals surface area contributed by atoms with Crippen molar-refractivity contribution < 1.29 is 0 Å². The maximum Gasteiger partial charge on any atom is 0.0684 e. The molecule has 0 amide bonds. The van der Waals surface area contributed by atoms with Crippen molar-refractivity contribution in [2.24, 2.45) is 0 Å². The van der Waals surface area contributed by atoms with Crippen LogP contribution in [0, 0.1) is 0 Å². The molecule has 1 heterocycles. The SMILES string of the molecule is CC(C)n1nc(C(C)(C)C)cc1/C=C/c1ccccc1. The van der Waals surface area contributed by atoms with Crippen molar-refractivity contribution >= 4 is 12.2 Å². The predicted octanol–water partition coefficient (Wildman–Crippen LogP) is 4.93. The summed E-state index contributed by atoms with van der Waals surface area (Å²) >= 11 is 0. The Morgan fingerprint density at radius 2 is 1.70 bits per heavy atom. The van der Waals surface area contributed by atoms with Gasteiger partial charge in [-0.3, -0.25) is 4.68 Å². The molecule has 2 heteroatoms. The molecule has 0 aliphatic heterocycles. The van der Waals surface area contributed by atoms with Gasteiger partial charge in [0.1, 0.15) is 0 Å². The van der Waals surface area contributed by atoms with Gasteiger partial charge in [0.2, 0.25) is 0 Å². The summed E-state index contributed by atoms with van der Waals surface area (Å²) < 4.78 is 2.10. The molecule has 0 unspecified atom stereocenters. The van der Waals surface area contributed by atoms with Gasteiger partial charge < -0.3 is 0 Å². The number of rotatable bonds is 3. The molecule has 0 spiro atoms. The van der Waals surface area contributed by atoms with Crippen molar-refractivity contribution in [1.82, 2.24) is 9.78 Å². The van der Waals surface area contributed by atoms with E-state index < -0.39 is 0 Å². The topological polar surface area (TPSA) is 17.8 Å². The van der Waals surface area contributed by atoms with Crippen LogP contribution in [-0.4, -0.2) is 9.78 Å². The highest BCUT2D eigenvalue weighted by atomic mass is 15.3. The Morgan fingerprint density at radius 1 is 1.05 bits per heavy atom. The van der Waals surface area contributed by atoms with Gasteiger partial charge in [-0.25, -0.2) is 0 Å². The average molecular weight is 268 g/mol. The molecule has 20 heavy (non-hydrogen) atoms. The van der Waals surface area contributed by atoms with Gasteiger partial charge in [-0.2, -0.15) is 5.10 Å². The maximum atomic E-state index is 4.76. The molecule has 0 fully saturated rings. The molecular formula is C18H24N2. The molecule has 0 saturated heterocycles. The zero-order valence-electron chi connectivity index (χ0n) is 13.1. The zero-order chi connectivity index (χ0) is 14.8. The maximum absolute atomic E-state index is 4.76. The molecule has 0 saturated carbocycles. The van der Waals surface area contributed by atoms with E-state index in [1.807, 2.05) is 6.07 Å². The molecule has 2 aromatic rings. The summed E-state index contributed by atoms with van der Waals surface area (Å²) in [6, 6.07) is 12.9. The van der Waals surface area contributed by atoms with E-state index >= 15 is 0 Å². The van der Waals surface area contributed by atoms with Gasteiger partial charge in [0.15, 0.2) is 0 Å². The van der Waals surface area contributed by atoms with Crippen LogP contribution in [0.2, 0.25) is 0 Å². The number of hydrogen-bond acceptors (Lipinski definition) is 1. The van der Waals surface area contributed by atoms with E-state index in [1.54, 1.807) is 0 Å². The van der Waals surface area contributed by atoms with Gasteiger partial charge in [0.25, 0.3) is 0 Å². The second-order valence-electron chi connectivity index (χ2n) is 6.49. The van der Waals surface area contributed by atoms with Crippen LogP contribution in [0.15, 0.2) is 36.4 Å². The van der Waals surface area contributed by atoms with Gasteiger partial charge in [0, 0.05) is 11.5 Å². The fraction of sp³-hybridized carbons (Fsp3) is 0.389. The molecule has 1 aromatic heterocycles. The van der Waals surface area contributed by atoms with Gasteiger partial charge >= 0.3 is 0 Å². The Labute approximate surface area is 122 Å². The second-order valence-corrected chi connectivity index (χ2v) is 6.49. The molecule has 0 N–H and O–H groups in total. The summed E-state index contributed by atoms with van der Waals surface area (Å²) in [5.74, 6) is 0. The fourth-order valence-electron chi connectivity index (χ4n) is 2.06. The molecule has 0 bridgehead atoms. The normalized spacial score (nSPS) is 12.5. The first-order valence-electron chi connectivity index (χ1n) is 7.21. The summed E-state index contributed by atoms with van der Waals surface area (Å²) in [6.45, 7) is 10.9. The van der Waals surface area contributed by atoms with Crippen molar-refractivity contribution in [3.8, 4) is 0 Å². The van der Waals surface area contributed by atoms with E-state index in [4.69, 9.17) is 5.10 Å². The van der Waals surface area contributed by atoms with E-state index in [-0.39, 0.29) is 5.41 Å². The summed E-state index contributed by atoms with van der Waals surface area (Å²) in [7, 11) is 0. The van der Waals surface area contributed by atoms with E-state index in [9.17, 15) is 0 Å². The van der Waals surface area contributed by atoms with E-state index in [0.29, 0.717) is 6.04 Å². The highest BCUT2D eigenvalue weighted by Crippen LogP contribution is 2.24. The van der Waals surface area contributed by atoms with Gasteiger partial charge in [-0.1, -0.05) is 57.2 Å². The van der Waals surface area contributed by atoms with Crippen LogP contribution in [0.5, 0.6) is 0 Å². The van der Waals surface area contributed by atoms with Crippen molar-refractivity contribution in [2.75, 3.05) is 0 Å². The molecule has 0 radical (unpaired) electrons. The van der Waals surface area contributed by atoms with E-state index in [0.717, 1.165) is 11.4 Å². The van der Waals surface area contributed by atoms with Crippen LogP contribution in [0.3, 0.4) is 0 Å². The molecule has 106 valence electrons. The summed E-state index contributed by atoms with van der Waals surface area (Å²) in [5.41, 5.74) is 3.59. The Morgan fingerprint density at radius 3 is 2.25 bits per heavy atom. The lowest BCUT2D eigenvalue weighted by Gasteiger charge is -2.14. The van der Waals surface area contributed by atoms with Gasteiger partial charge in [-0.15, -0.1) is 0 Å². The van der Waals surface area contributed by atoms with Gasteiger partial charge in [0.05, 0.1) is 11.4 Å². The van der Waals surface area contributed by atoms with Crippen molar-refractivity contribution in [2.45, 2.75) is 46.1 Å². The number of benzene rings is 1. The van der Waals surface area contributed by atoms with Gasteiger partial charge in [-0.05, 0) is 31.6 Å². The predicted molar refractivity (Wildman–Crippen MR) is 86.7 cm³/mol. The van der Waals surface area contributed by atoms with Crippen LogP contribution >= 0.6 is 0 Å². The minimum absolute atomic E-state index is 0.0788. The minimum atomic E-state index is 0.0788. The Bertz CT molecular complexity index is 584. The third-order valence-electron chi connectivity index (χ3n) is 3.27. The molecular weight excluding hydrogens is 244 g/mol. The molecule has 2 nitrogen and oxygen atoms in total. The smallest absolute Gasteiger partial charge is 0.0684 e. The minimum Gasteiger partial charge on any atom is -0.263 e. The average Bonchev–Trinajstić information content (AvgIpc) is 2.82. The van der Waals surface area contributed by atoms with Crippen LogP contribution in [0.1, 0.15) is 57.6 Å². The first-order valence-corrected chi connectivity index (χ1v) is 7.21. The molecule has 1 aromatic carbocycles. The zero-order valence-corrected chi connectivity index (χ0v) is 13.1. The Balaban J connectivity index is 2.36. The summed E-state index contributed by atoms with van der Waals surface area (Å²) in [4.78, 5) is 0. The van der Waals surface area contributed by atoms with Crippen LogP contribution in [0.25, 0.3) is 12.2 Å². The van der Waals surface area contributed by atoms with Crippen LogP contribution in [0.4, 0.5) is 0 Å². The largest absolute Gasteiger partial charge is 0.263 e. The van der Waals surface area contributed by atoms with Crippen LogP contribution in [-0.2, 0) is 5.41 Å². The fourth-order valence-corrected chi connectivity index (χ4v) is 2.06. The van der Waals surface area contributed by atoms with Crippen molar-refractivity contribution in [3.05, 3.63) is 53.3 Å². The molecule has 2 rings (SSSR count). The Kier molecular flexibility index (Phi) is 4.12. The van der Waals surface area contributed by atoms with Crippen molar-refractivity contribution in [3.63, 3.8) is 0 Å². The standard InChI is InChI=1S/C18H24N2/c1-14(2)20-16(13-17(19-20)18(3,4)5)12-11-15-9-7-6-8-10-15/h6-14H,1-5H3/b12-11+. The van der Waals surface area contributed by atoms with Crippen molar-refractivity contribution in [1.29, 1.82) is 0 Å². The monoisotopic (exact) mass is 268 g/mol. The molecule has 0 aliphatic carbocycles. The van der Waals surface area contributed by atoms with E-state index in [2.05, 4.69) is 81.8 Å². The van der Waals surface area contributed by atoms with E-state index in [1.165, 1.54) is 5.56 Å². The first-order chi connectivity index (χ1) is 9.38. The molecule has 0 aliphatic rings. The third kappa shape index (κ3) is 3.38. The molecule has 0 atom stereocenters. The highest BCUT2D eigenvalue weighted by Gasteiger charge is 2.19. The first kappa shape index (κ1) is 14.6. The van der Waals surface area contributed by atoms with Crippen LogP contribution < -0.4 is 0 Å². The lowest BCUT2D eigenvalue weighted by molar-refractivity contribution is 0.493. The summed E-state index contributed by atoms with van der Waals surface area (Å²) in [6.07, 6.45) is 4.29. The highest BCUT2D eigenvalue weighted by molar-refractivity contribution is 5.68.